The summed E-state index contributed by atoms with van der Waals surface area (Å²) >= 11 is 1.33. The predicted molar refractivity (Wildman–Crippen MR) is 91.4 cm³/mol. The predicted octanol–water partition coefficient (Wildman–Crippen LogP) is 2.71. The molecule has 0 N–H and O–H groups in total. The van der Waals surface area contributed by atoms with Crippen molar-refractivity contribution in [2.45, 2.75) is 11.7 Å². The highest BCUT2D eigenvalue weighted by Gasteiger charge is 2.12. The number of aromatic nitrogens is 4. The highest BCUT2D eigenvalue weighted by Crippen LogP contribution is 2.19. The number of methoxy groups -OCH3 is 1. The first-order valence-electron chi connectivity index (χ1n) is 7.36. The average Bonchev–Trinajstić information content (AvgIpc) is 3.07. The molecule has 0 spiro atoms. The number of Topliss-reactive ketones (excluding diaryl/α,β-unsaturated/α-hetero) is 1. The van der Waals surface area contributed by atoms with Gasteiger partial charge in [-0.1, -0.05) is 54.2 Å². The SMILES string of the molecule is COc1cccc(C(=O)CSc2nnnn2Cc2ccccc2)c1. The summed E-state index contributed by atoms with van der Waals surface area (Å²) in [5.74, 6) is 0.940. The number of thioether (sulfide) groups is 1. The number of hydrogen-bond acceptors (Lipinski definition) is 6. The van der Waals surface area contributed by atoms with E-state index in [1.807, 2.05) is 36.4 Å². The van der Waals surface area contributed by atoms with E-state index in [0.29, 0.717) is 23.0 Å². The minimum absolute atomic E-state index is 0.00756. The highest BCUT2D eigenvalue weighted by atomic mass is 32.2. The van der Waals surface area contributed by atoms with Crippen LogP contribution in [0.25, 0.3) is 0 Å². The van der Waals surface area contributed by atoms with Crippen molar-refractivity contribution < 1.29 is 9.53 Å². The Hall–Kier alpha value is -2.67. The van der Waals surface area contributed by atoms with E-state index in [2.05, 4.69) is 15.5 Å². The van der Waals surface area contributed by atoms with Gasteiger partial charge in [-0.15, -0.1) is 5.10 Å². The lowest BCUT2D eigenvalue weighted by Gasteiger charge is -2.05. The summed E-state index contributed by atoms with van der Waals surface area (Å²) in [6.07, 6.45) is 0. The number of hydrogen-bond donors (Lipinski definition) is 0. The number of nitrogens with zero attached hydrogens (tertiary/aromatic N) is 4. The van der Waals surface area contributed by atoms with Crippen molar-refractivity contribution in [1.29, 1.82) is 0 Å². The summed E-state index contributed by atoms with van der Waals surface area (Å²) in [4.78, 5) is 12.3. The summed E-state index contributed by atoms with van der Waals surface area (Å²) in [5, 5.41) is 12.3. The van der Waals surface area contributed by atoms with Crippen LogP contribution in [0.5, 0.6) is 5.75 Å². The van der Waals surface area contributed by atoms with E-state index in [1.165, 1.54) is 11.8 Å². The lowest BCUT2D eigenvalue weighted by molar-refractivity contribution is 0.102. The molecule has 1 heterocycles. The maximum Gasteiger partial charge on any atom is 0.210 e. The Kier molecular flexibility index (Phi) is 5.22. The number of benzene rings is 2. The second-order valence-corrected chi connectivity index (χ2v) is 5.99. The number of tetrazole rings is 1. The van der Waals surface area contributed by atoms with Crippen molar-refractivity contribution in [3.05, 3.63) is 65.7 Å². The molecule has 0 amide bonds. The van der Waals surface area contributed by atoms with Crippen LogP contribution in [0.4, 0.5) is 0 Å². The van der Waals surface area contributed by atoms with E-state index in [9.17, 15) is 4.79 Å². The molecule has 2 aromatic carbocycles. The quantitative estimate of drug-likeness (QED) is 0.486. The first kappa shape index (κ1) is 16.2. The molecule has 0 aliphatic rings. The van der Waals surface area contributed by atoms with E-state index >= 15 is 0 Å². The van der Waals surface area contributed by atoms with Crippen molar-refractivity contribution in [2.24, 2.45) is 0 Å². The van der Waals surface area contributed by atoms with E-state index in [1.54, 1.807) is 30.0 Å². The molecule has 0 saturated heterocycles. The molecule has 0 unspecified atom stereocenters. The molecule has 1 aromatic heterocycles. The van der Waals surface area contributed by atoms with Gasteiger partial charge < -0.3 is 4.74 Å². The van der Waals surface area contributed by atoms with Gasteiger partial charge in [-0.25, -0.2) is 4.68 Å². The third-order valence-electron chi connectivity index (χ3n) is 3.40. The standard InChI is InChI=1S/C17H16N4O2S/c1-23-15-9-5-8-14(10-15)16(22)12-24-17-18-19-20-21(17)11-13-6-3-2-4-7-13/h2-10H,11-12H2,1H3. The van der Waals surface area contributed by atoms with Crippen LogP contribution in [0.2, 0.25) is 0 Å². The number of ether oxygens (including phenoxy) is 1. The number of rotatable bonds is 7. The molecule has 0 bridgehead atoms. The Morgan fingerprint density at radius 1 is 1.17 bits per heavy atom. The topological polar surface area (TPSA) is 69.9 Å². The van der Waals surface area contributed by atoms with E-state index in [-0.39, 0.29) is 11.5 Å². The normalized spacial score (nSPS) is 10.5. The zero-order chi connectivity index (χ0) is 16.8. The minimum atomic E-state index is 0.00756. The van der Waals surface area contributed by atoms with Crippen LogP contribution in [-0.2, 0) is 6.54 Å². The van der Waals surface area contributed by atoms with Gasteiger partial charge in [0.1, 0.15) is 5.75 Å². The summed E-state index contributed by atoms with van der Waals surface area (Å²) in [5.41, 5.74) is 1.72. The van der Waals surface area contributed by atoms with Gasteiger partial charge in [0.05, 0.1) is 19.4 Å². The number of carbonyl (C=O) groups excluding carboxylic acids is 1. The first-order chi connectivity index (χ1) is 11.8. The maximum absolute atomic E-state index is 12.3. The summed E-state index contributed by atoms with van der Waals surface area (Å²) in [6, 6.07) is 17.0. The van der Waals surface area contributed by atoms with Crippen molar-refractivity contribution in [1.82, 2.24) is 20.2 Å². The number of ketones is 1. The Balaban J connectivity index is 1.65. The molecule has 7 heteroatoms. The largest absolute Gasteiger partial charge is 0.497 e. The molecule has 122 valence electrons. The Bertz CT molecular complexity index is 820. The smallest absolute Gasteiger partial charge is 0.210 e. The summed E-state index contributed by atoms with van der Waals surface area (Å²) in [7, 11) is 1.58. The van der Waals surface area contributed by atoms with Crippen LogP contribution in [0.1, 0.15) is 15.9 Å². The fraction of sp³-hybridized carbons (Fsp3) is 0.176. The average molecular weight is 340 g/mol. The van der Waals surface area contributed by atoms with E-state index in [0.717, 1.165) is 5.56 Å². The van der Waals surface area contributed by atoms with Crippen LogP contribution in [0.3, 0.4) is 0 Å². The van der Waals surface area contributed by atoms with Gasteiger partial charge in [-0.2, -0.15) is 0 Å². The second-order valence-electron chi connectivity index (χ2n) is 5.05. The van der Waals surface area contributed by atoms with Crippen LogP contribution in [0, 0.1) is 0 Å². The summed E-state index contributed by atoms with van der Waals surface area (Å²) < 4.78 is 6.84. The van der Waals surface area contributed by atoms with Gasteiger partial charge >= 0.3 is 0 Å². The Labute approximate surface area is 143 Å². The van der Waals surface area contributed by atoms with Crippen molar-refractivity contribution >= 4 is 17.5 Å². The van der Waals surface area contributed by atoms with Crippen molar-refractivity contribution in [2.75, 3.05) is 12.9 Å². The lowest BCUT2D eigenvalue weighted by Crippen LogP contribution is -2.07. The Morgan fingerprint density at radius 3 is 2.79 bits per heavy atom. The maximum atomic E-state index is 12.3. The molecule has 24 heavy (non-hydrogen) atoms. The van der Waals surface area contributed by atoms with Gasteiger partial charge in [-0.3, -0.25) is 4.79 Å². The fourth-order valence-corrected chi connectivity index (χ4v) is 2.94. The molecule has 3 rings (SSSR count). The van der Waals surface area contributed by atoms with Crippen LogP contribution in [-0.4, -0.2) is 38.9 Å². The third kappa shape index (κ3) is 3.99. The van der Waals surface area contributed by atoms with Crippen molar-refractivity contribution in [3.8, 4) is 5.75 Å². The molecule has 0 saturated carbocycles. The molecular weight excluding hydrogens is 324 g/mol. The lowest BCUT2D eigenvalue weighted by atomic mass is 10.1. The van der Waals surface area contributed by atoms with Crippen LogP contribution < -0.4 is 4.74 Å². The van der Waals surface area contributed by atoms with Crippen molar-refractivity contribution in [3.63, 3.8) is 0 Å². The minimum Gasteiger partial charge on any atom is -0.497 e. The molecule has 0 aliphatic heterocycles. The molecule has 0 radical (unpaired) electrons. The van der Waals surface area contributed by atoms with E-state index in [4.69, 9.17) is 4.74 Å². The molecule has 3 aromatic rings. The monoisotopic (exact) mass is 340 g/mol. The zero-order valence-electron chi connectivity index (χ0n) is 13.1. The summed E-state index contributed by atoms with van der Waals surface area (Å²) in [6.45, 7) is 0.573. The number of carbonyl (C=O) groups is 1. The molecule has 0 aliphatic carbocycles. The molecule has 0 atom stereocenters. The Morgan fingerprint density at radius 2 is 2.00 bits per heavy atom. The van der Waals surface area contributed by atoms with Gasteiger partial charge in [0, 0.05) is 5.56 Å². The highest BCUT2D eigenvalue weighted by molar-refractivity contribution is 7.99. The van der Waals surface area contributed by atoms with Gasteiger partial charge in [0.2, 0.25) is 5.16 Å². The molecular formula is C17H16N4O2S. The first-order valence-corrected chi connectivity index (χ1v) is 8.35. The van der Waals surface area contributed by atoms with E-state index < -0.39 is 0 Å². The van der Waals surface area contributed by atoms with Gasteiger partial charge in [0.15, 0.2) is 5.78 Å². The zero-order valence-corrected chi connectivity index (χ0v) is 13.9. The second kappa shape index (κ2) is 7.74. The fourth-order valence-electron chi connectivity index (χ4n) is 2.17. The molecule has 6 nitrogen and oxygen atoms in total. The van der Waals surface area contributed by atoms with Crippen LogP contribution >= 0.6 is 11.8 Å². The third-order valence-corrected chi connectivity index (χ3v) is 4.36. The molecule has 0 fully saturated rings. The van der Waals surface area contributed by atoms with Gasteiger partial charge in [-0.05, 0) is 28.1 Å². The van der Waals surface area contributed by atoms with Gasteiger partial charge in [0.25, 0.3) is 0 Å². The van der Waals surface area contributed by atoms with Crippen LogP contribution in [0.15, 0.2) is 59.8 Å².